The van der Waals surface area contributed by atoms with E-state index in [1.54, 1.807) is 7.11 Å². The molecule has 3 rings (SSSR count). The molecule has 0 spiro atoms. The first-order valence-corrected chi connectivity index (χ1v) is 6.68. The van der Waals surface area contributed by atoms with Crippen molar-refractivity contribution in [2.24, 2.45) is 0 Å². The van der Waals surface area contributed by atoms with Crippen LogP contribution in [0.15, 0.2) is 22.7 Å². The minimum atomic E-state index is 0.432. The molecule has 0 aliphatic carbocycles. The molecule has 90 valence electrons. The zero-order valence-electron chi connectivity index (χ0n) is 9.72. The lowest BCUT2D eigenvalue weighted by molar-refractivity contribution is 0.419. The van der Waals surface area contributed by atoms with E-state index < -0.39 is 0 Å². The summed E-state index contributed by atoms with van der Waals surface area (Å²) in [5, 5.41) is 4.70. The topological polar surface area (TPSA) is 37.0 Å². The molecule has 2 aromatic rings. The van der Waals surface area contributed by atoms with Crippen LogP contribution in [0.3, 0.4) is 0 Å². The van der Waals surface area contributed by atoms with Crippen LogP contribution in [0.1, 0.15) is 24.6 Å². The number of methoxy groups -OCH3 is 1. The maximum atomic E-state index is 5.39. The molecule has 1 aromatic carbocycles. The van der Waals surface area contributed by atoms with Gasteiger partial charge in [0.15, 0.2) is 0 Å². The second-order valence-electron chi connectivity index (χ2n) is 4.38. The Morgan fingerprint density at radius 3 is 3.00 bits per heavy atom. The predicted molar refractivity (Wildman–Crippen MR) is 72.5 cm³/mol. The molecule has 2 heterocycles. The number of hydrogen-bond donors (Lipinski definition) is 2. The van der Waals surface area contributed by atoms with E-state index in [0.29, 0.717) is 6.04 Å². The average Bonchev–Trinajstić information content (AvgIpc) is 2.97. The maximum absolute atomic E-state index is 5.39. The average molecular weight is 295 g/mol. The Bertz CT molecular complexity index is 544. The van der Waals surface area contributed by atoms with Gasteiger partial charge in [0.2, 0.25) is 0 Å². The lowest BCUT2D eigenvalue weighted by atomic mass is 10.1. The van der Waals surface area contributed by atoms with Crippen LogP contribution in [-0.2, 0) is 0 Å². The molecule has 0 amide bonds. The normalized spacial score (nSPS) is 20.0. The number of aromatic amines is 1. The van der Waals surface area contributed by atoms with Crippen LogP contribution in [0.2, 0.25) is 0 Å². The van der Waals surface area contributed by atoms with Gasteiger partial charge < -0.3 is 15.0 Å². The van der Waals surface area contributed by atoms with Crippen LogP contribution >= 0.6 is 15.9 Å². The highest BCUT2D eigenvalue weighted by Crippen LogP contribution is 2.37. The van der Waals surface area contributed by atoms with Gasteiger partial charge in [-0.25, -0.2) is 0 Å². The number of aromatic nitrogens is 1. The first-order chi connectivity index (χ1) is 8.31. The van der Waals surface area contributed by atoms with Gasteiger partial charge in [-0.15, -0.1) is 0 Å². The van der Waals surface area contributed by atoms with Gasteiger partial charge in [-0.1, -0.05) is 12.1 Å². The fourth-order valence-corrected chi connectivity index (χ4v) is 3.22. The third-order valence-electron chi connectivity index (χ3n) is 3.39. The van der Waals surface area contributed by atoms with Crippen molar-refractivity contribution in [2.75, 3.05) is 13.7 Å². The Kier molecular flexibility index (Phi) is 2.84. The summed E-state index contributed by atoms with van der Waals surface area (Å²) in [6.07, 6.45) is 2.43. The quantitative estimate of drug-likeness (QED) is 0.891. The van der Waals surface area contributed by atoms with Crippen molar-refractivity contribution >= 4 is 26.8 Å². The van der Waals surface area contributed by atoms with Gasteiger partial charge in [-0.3, -0.25) is 0 Å². The number of para-hydroxylation sites is 1. The molecule has 1 atom stereocenters. The van der Waals surface area contributed by atoms with Crippen LogP contribution in [-0.4, -0.2) is 18.6 Å². The molecule has 3 nitrogen and oxygen atoms in total. The van der Waals surface area contributed by atoms with E-state index in [4.69, 9.17) is 4.74 Å². The molecule has 1 unspecified atom stereocenters. The molecule has 1 saturated heterocycles. The van der Waals surface area contributed by atoms with Crippen LogP contribution in [0, 0.1) is 0 Å². The zero-order chi connectivity index (χ0) is 11.8. The standard InChI is InChI=1S/C13H15BrN2O/c1-17-10-6-2-4-8-11(14)13(16-12(8)10)9-5-3-7-15-9/h2,4,6,9,15-16H,3,5,7H2,1H3. The van der Waals surface area contributed by atoms with E-state index in [-0.39, 0.29) is 0 Å². The lowest BCUT2D eigenvalue weighted by Gasteiger charge is -2.08. The minimum Gasteiger partial charge on any atom is -0.495 e. The largest absolute Gasteiger partial charge is 0.495 e. The fourth-order valence-electron chi connectivity index (χ4n) is 2.52. The summed E-state index contributed by atoms with van der Waals surface area (Å²) in [4.78, 5) is 3.49. The molecule has 0 saturated carbocycles. The van der Waals surface area contributed by atoms with Gasteiger partial charge in [0, 0.05) is 21.6 Å². The van der Waals surface area contributed by atoms with Gasteiger partial charge in [-0.05, 0) is 41.4 Å². The van der Waals surface area contributed by atoms with E-state index >= 15 is 0 Å². The van der Waals surface area contributed by atoms with Crippen molar-refractivity contribution < 1.29 is 4.74 Å². The first-order valence-electron chi connectivity index (χ1n) is 5.88. The van der Waals surface area contributed by atoms with Crippen LogP contribution in [0.4, 0.5) is 0 Å². The Hall–Kier alpha value is -1.00. The van der Waals surface area contributed by atoms with Gasteiger partial charge >= 0.3 is 0 Å². The molecular formula is C13H15BrN2O. The Morgan fingerprint density at radius 1 is 1.41 bits per heavy atom. The molecule has 1 aromatic heterocycles. The Balaban J connectivity index is 2.16. The maximum Gasteiger partial charge on any atom is 0.142 e. The van der Waals surface area contributed by atoms with E-state index in [1.807, 2.05) is 12.1 Å². The molecule has 4 heteroatoms. The number of H-pyrrole nitrogens is 1. The number of ether oxygens (including phenoxy) is 1. The lowest BCUT2D eigenvalue weighted by Crippen LogP contribution is -2.13. The van der Waals surface area contributed by atoms with Crippen molar-refractivity contribution in [2.45, 2.75) is 18.9 Å². The fraction of sp³-hybridized carbons (Fsp3) is 0.385. The Labute approximate surface area is 109 Å². The molecule has 1 aliphatic rings. The summed E-state index contributed by atoms with van der Waals surface area (Å²) in [6, 6.07) is 6.54. The number of nitrogens with one attached hydrogen (secondary N) is 2. The van der Waals surface area contributed by atoms with Gasteiger partial charge in [0.1, 0.15) is 5.75 Å². The summed E-state index contributed by atoms with van der Waals surface area (Å²) in [7, 11) is 1.71. The van der Waals surface area contributed by atoms with Gasteiger partial charge in [0.25, 0.3) is 0 Å². The van der Waals surface area contributed by atoms with Crippen molar-refractivity contribution in [3.8, 4) is 5.75 Å². The smallest absolute Gasteiger partial charge is 0.142 e. The van der Waals surface area contributed by atoms with E-state index in [0.717, 1.165) is 22.3 Å². The highest BCUT2D eigenvalue weighted by atomic mass is 79.9. The monoisotopic (exact) mass is 294 g/mol. The number of halogens is 1. The predicted octanol–water partition coefficient (Wildman–Crippen LogP) is 3.36. The number of benzene rings is 1. The summed E-state index contributed by atoms with van der Waals surface area (Å²) >= 11 is 3.70. The third kappa shape index (κ3) is 1.76. The third-order valence-corrected chi connectivity index (χ3v) is 4.24. The Morgan fingerprint density at radius 2 is 2.29 bits per heavy atom. The second kappa shape index (κ2) is 4.35. The SMILES string of the molecule is COc1cccc2c(Br)c(C3CCCN3)[nH]c12. The van der Waals surface area contributed by atoms with E-state index in [1.165, 1.54) is 23.9 Å². The van der Waals surface area contributed by atoms with Crippen molar-refractivity contribution in [3.05, 3.63) is 28.4 Å². The highest BCUT2D eigenvalue weighted by molar-refractivity contribution is 9.10. The van der Waals surface area contributed by atoms with Crippen molar-refractivity contribution in [3.63, 3.8) is 0 Å². The van der Waals surface area contributed by atoms with Crippen LogP contribution < -0.4 is 10.1 Å². The molecule has 17 heavy (non-hydrogen) atoms. The number of rotatable bonds is 2. The number of fused-ring (bicyclic) bond motifs is 1. The zero-order valence-corrected chi connectivity index (χ0v) is 11.3. The van der Waals surface area contributed by atoms with Gasteiger partial charge in [0.05, 0.1) is 12.6 Å². The van der Waals surface area contributed by atoms with E-state index in [2.05, 4.69) is 32.3 Å². The molecule has 2 N–H and O–H groups in total. The second-order valence-corrected chi connectivity index (χ2v) is 5.18. The van der Waals surface area contributed by atoms with Crippen molar-refractivity contribution in [1.82, 2.24) is 10.3 Å². The van der Waals surface area contributed by atoms with Gasteiger partial charge in [-0.2, -0.15) is 0 Å². The minimum absolute atomic E-state index is 0.432. The first kappa shape index (κ1) is 11.1. The number of hydrogen-bond acceptors (Lipinski definition) is 2. The van der Waals surface area contributed by atoms with Crippen LogP contribution in [0.5, 0.6) is 5.75 Å². The summed E-state index contributed by atoms with van der Waals surface area (Å²) < 4.78 is 6.54. The van der Waals surface area contributed by atoms with Crippen molar-refractivity contribution in [1.29, 1.82) is 0 Å². The summed E-state index contributed by atoms with van der Waals surface area (Å²) in [5.74, 6) is 0.896. The molecule has 1 aliphatic heterocycles. The highest BCUT2D eigenvalue weighted by Gasteiger charge is 2.22. The molecule has 0 radical (unpaired) electrons. The summed E-state index contributed by atoms with van der Waals surface area (Å²) in [6.45, 7) is 1.10. The molecular weight excluding hydrogens is 280 g/mol. The summed E-state index contributed by atoms with van der Waals surface area (Å²) in [5.41, 5.74) is 2.31. The molecule has 0 bridgehead atoms. The molecule has 1 fully saturated rings. The van der Waals surface area contributed by atoms with Crippen LogP contribution in [0.25, 0.3) is 10.9 Å². The van der Waals surface area contributed by atoms with E-state index in [9.17, 15) is 0 Å².